The van der Waals surface area contributed by atoms with Gasteiger partial charge in [0.2, 0.25) is 0 Å². The van der Waals surface area contributed by atoms with Gasteiger partial charge >= 0.3 is 11.9 Å². The van der Waals surface area contributed by atoms with E-state index in [1.807, 2.05) is 0 Å². The lowest BCUT2D eigenvalue weighted by Gasteiger charge is -2.15. The highest BCUT2D eigenvalue weighted by atomic mass is 16.6. The molecule has 0 rings (SSSR count). The second kappa shape index (κ2) is 62.4. The zero-order valence-electron chi connectivity index (χ0n) is 47.7. The van der Waals surface area contributed by atoms with Crippen molar-refractivity contribution in [2.24, 2.45) is 0 Å². The van der Waals surface area contributed by atoms with E-state index in [1.165, 1.54) is 205 Å². The van der Waals surface area contributed by atoms with E-state index in [-0.39, 0.29) is 25.2 Å². The molecule has 0 aliphatic heterocycles. The maximum absolute atomic E-state index is 12.3. The van der Waals surface area contributed by atoms with Gasteiger partial charge in [-0.3, -0.25) is 9.59 Å². The van der Waals surface area contributed by atoms with Crippen LogP contribution in [0.15, 0.2) is 85.1 Å². The van der Waals surface area contributed by atoms with Gasteiger partial charge in [0.15, 0.2) is 6.10 Å². The summed E-state index contributed by atoms with van der Waals surface area (Å²) in [5.41, 5.74) is 0. The lowest BCUT2D eigenvalue weighted by molar-refractivity contribution is -0.161. The summed E-state index contributed by atoms with van der Waals surface area (Å²) in [7, 11) is 0. The molecule has 0 aliphatic rings. The summed E-state index contributed by atoms with van der Waals surface area (Å²) < 4.78 is 10.7. The molecule has 1 atom stereocenters. The van der Waals surface area contributed by atoms with Crippen LogP contribution in [-0.4, -0.2) is 36.4 Å². The fraction of sp³-hybridized carbons (Fsp3) is 0.761. The van der Waals surface area contributed by atoms with Gasteiger partial charge in [0.1, 0.15) is 6.61 Å². The SMILES string of the molecule is CC/C=C\C/C=C\C/C=C\C/C=C\C/C=C\CCCCCCCCCCCC(=O)OC(CO)COC(=O)CCCCCCCCCCCCCCCCCCCCCCC/C=C\C/C=C\CCCCCCC. The molecule has 416 valence electrons. The smallest absolute Gasteiger partial charge is 0.306 e. The molecule has 0 aromatic heterocycles. The number of rotatable bonds is 57. The van der Waals surface area contributed by atoms with Gasteiger partial charge in [-0.2, -0.15) is 0 Å². The summed E-state index contributed by atoms with van der Waals surface area (Å²) in [6.45, 7) is 4.04. The van der Waals surface area contributed by atoms with Crippen molar-refractivity contribution in [1.82, 2.24) is 0 Å². The van der Waals surface area contributed by atoms with Crippen LogP contribution in [0.2, 0.25) is 0 Å². The predicted molar refractivity (Wildman–Crippen MR) is 316 cm³/mol. The average Bonchev–Trinajstić information content (AvgIpc) is 3.38. The second-order valence-electron chi connectivity index (χ2n) is 20.8. The van der Waals surface area contributed by atoms with Crippen LogP contribution in [-0.2, 0) is 19.1 Å². The maximum atomic E-state index is 12.3. The van der Waals surface area contributed by atoms with Crippen LogP contribution in [0.3, 0.4) is 0 Å². The van der Waals surface area contributed by atoms with Crippen LogP contribution in [0.25, 0.3) is 0 Å². The molecule has 0 saturated carbocycles. The van der Waals surface area contributed by atoms with Gasteiger partial charge in [0.05, 0.1) is 6.61 Å². The normalized spacial score (nSPS) is 12.8. The van der Waals surface area contributed by atoms with Crippen LogP contribution in [0.1, 0.15) is 309 Å². The third-order valence-corrected chi connectivity index (χ3v) is 13.7. The molecule has 0 amide bonds. The van der Waals surface area contributed by atoms with Gasteiger partial charge in [0.25, 0.3) is 0 Å². The number of carbonyl (C=O) groups excluding carboxylic acids is 2. The zero-order valence-corrected chi connectivity index (χ0v) is 47.7. The summed E-state index contributed by atoms with van der Waals surface area (Å²) in [5.74, 6) is -0.588. The fourth-order valence-electron chi connectivity index (χ4n) is 9.03. The van der Waals surface area contributed by atoms with Gasteiger partial charge in [-0.1, -0.05) is 292 Å². The Morgan fingerprint density at radius 1 is 0.333 bits per heavy atom. The Hall–Kier alpha value is -2.92. The Bertz CT molecular complexity index is 1320. The van der Waals surface area contributed by atoms with Gasteiger partial charge in [-0.05, 0) is 89.9 Å². The molecule has 0 bridgehead atoms. The van der Waals surface area contributed by atoms with Crippen LogP contribution < -0.4 is 0 Å². The van der Waals surface area contributed by atoms with Crippen LogP contribution in [0, 0.1) is 0 Å². The minimum atomic E-state index is -0.780. The lowest BCUT2D eigenvalue weighted by atomic mass is 10.0. The molecule has 0 aromatic carbocycles. The summed E-state index contributed by atoms with van der Waals surface area (Å²) in [6.07, 6.45) is 87.2. The van der Waals surface area contributed by atoms with Gasteiger partial charge in [-0.15, -0.1) is 0 Å². The number of carbonyl (C=O) groups is 2. The topological polar surface area (TPSA) is 72.8 Å². The number of allylic oxidation sites excluding steroid dienone is 14. The number of unbranched alkanes of at least 4 members (excludes halogenated alkanes) is 35. The maximum Gasteiger partial charge on any atom is 0.306 e. The Balaban J connectivity index is 3.46. The molecular weight excluding hydrogens is 885 g/mol. The van der Waals surface area contributed by atoms with Crippen molar-refractivity contribution in [2.75, 3.05) is 13.2 Å². The first kappa shape index (κ1) is 69.1. The van der Waals surface area contributed by atoms with Crippen molar-refractivity contribution in [3.8, 4) is 0 Å². The Labute approximate surface area is 447 Å². The number of aliphatic hydroxyl groups is 1. The van der Waals surface area contributed by atoms with E-state index in [0.29, 0.717) is 12.8 Å². The molecule has 5 nitrogen and oxygen atoms in total. The van der Waals surface area contributed by atoms with Crippen molar-refractivity contribution in [3.05, 3.63) is 85.1 Å². The number of esters is 2. The largest absolute Gasteiger partial charge is 0.462 e. The van der Waals surface area contributed by atoms with E-state index in [1.54, 1.807) is 0 Å². The van der Waals surface area contributed by atoms with E-state index < -0.39 is 6.10 Å². The average molecular weight is 1000 g/mol. The van der Waals surface area contributed by atoms with E-state index in [9.17, 15) is 14.7 Å². The van der Waals surface area contributed by atoms with E-state index in [0.717, 1.165) is 77.0 Å². The summed E-state index contributed by atoms with van der Waals surface area (Å²) >= 11 is 0. The minimum Gasteiger partial charge on any atom is -0.462 e. The van der Waals surface area contributed by atoms with E-state index in [4.69, 9.17) is 9.47 Å². The molecule has 72 heavy (non-hydrogen) atoms. The molecule has 0 saturated heterocycles. The van der Waals surface area contributed by atoms with Gasteiger partial charge in [-0.25, -0.2) is 0 Å². The number of ether oxygens (including phenoxy) is 2. The third-order valence-electron chi connectivity index (χ3n) is 13.7. The Morgan fingerprint density at radius 2 is 0.597 bits per heavy atom. The van der Waals surface area contributed by atoms with Gasteiger partial charge < -0.3 is 14.6 Å². The van der Waals surface area contributed by atoms with Crippen LogP contribution in [0.4, 0.5) is 0 Å². The van der Waals surface area contributed by atoms with Crippen LogP contribution in [0.5, 0.6) is 0 Å². The van der Waals surface area contributed by atoms with Crippen molar-refractivity contribution in [3.63, 3.8) is 0 Å². The number of hydrogen-bond acceptors (Lipinski definition) is 5. The molecule has 1 unspecified atom stereocenters. The Morgan fingerprint density at radius 3 is 0.903 bits per heavy atom. The zero-order chi connectivity index (χ0) is 52.0. The molecule has 1 N–H and O–H groups in total. The Kier molecular flexibility index (Phi) is 59.8. The van der Waals surface area contributed by atoms with Crippen molar-refractivity contribution in [2.45, 2.75) is 315 Å². The molecule has 0 fully saturated rings. The summed E-state index contributed by atoms with van der Waals surface area (Å²) in [5, 5.41) is 9.67. The summed E-state index contributed by atoms with van der Waals surface area (Å²) in [4.78, 5) is 24.6. The molecule has 0 aromatic rings. The molecule has 0 heterocycles. The molecule has 0 aliphatic carbocycles. The second-order valence-corrected chi connectivity index (χ2v) is 20.8. The quantitative estimate of drug-likeness (QED) is 0.0373. The van der Waals surface area contributed by atoms with E-state index >= 15 is 0 Å². The molecule has 0 radical (unpaired) electrons. The lowest BCUT2D eigenvalue weighted by Crippen LogP contribution is -2.28. The number of hydrogen-bond donors (Lipinski definition) is 1. The first-order chi connectivity index (χ1) is 35.6. The highest BCUT2D eigenvalue weighted by Gasteiger charge is 2.16. The first-order valence-corrected chi connectivity index (χ1v) is 31.1. The number of aliphatic hydroxyl groups excluding tert-OH is 1. The van der Waals surface area contributed by atoms with Gasteiger partial charge in [0, 0.05) is 12.8 Å². The monoisotopic (exact) mass is 1000 g/mol. The fourth-order valence-corrected chi connectivity index (χ4v) is 9.03. The third kappa shape index (κ3) is 59.6. The van der Waals surface area contributed by atoms with Crippen molar-refractivity contribution in [1.29, 1.82) is 0 Å². The molecule has 5 heteroatoms. The van der Waals surface area contributed by atoms with Crippen molar-refractivity contribution < 1.29 is 24.2 Å². The standard InChI is InChI=1S/C67H118O5/c1-3-5-7-9-11-13-15-17-19-21-23-25-27-29-30-31-32-33-34-35-36-38-39-41-43-45-47-49-51-53-55-57-59-61-66(69)71-64-65(63-68)72-67(70)62-60-58-56-54-52-50-48-46-44-42-40-37-28-26-24-22-20-18-16-14-12-10-8-6-4-2/h6,8,12,14-15,17-18,20-21,23-24,26,37,40,65,68H,3-5,7,9-11,13,16,19,22,25,27-36,38-39,41-64H2,1-2H3/b8-6-,14-12-,17-15-,20-18-,23-21-,26-24-,40-37-. The van der Waals surface area contributed by atoms with Crippen LogP contribution >= 0.6 is 0 Å². The van der Waals surface area contributed by atoms with E-state index in [2.05, 4.69) is 98.9 Å². The molecule has 0 spiro atoms. The predicted octanol–water partition coefficient (Wildman–Crippen LogP) is 21.3. The highest BCUT2D eigenvalue weighted by Crippen LogP contribution is 2.17. The van der Waals surface area contributed by atoms with Crippen molar-refractivity contribution >= 4 is 11.9 Å². The molecular formula is C67H118O5. The highest BCUT2D eigenvalue weighted by molar-refractivity contribution is 5.70. The summed E-state index contributed by atoms with van der Waals surface area (Å²) in [6, 6.07) is 0. The minimum absolute atomic E-state index is 0.0688. The first-order valence-electron chi connectivity index (χ1n) is 31.1.